The molecule has 5 heteroatoms. The summed E-state index contributed by atoms with van der Waals surface area (Å²) in [6.45, 7) is 12.3. The highest BCUT2D eigenvalue weighted by Gasteiger charge is 2.27. The minimum Gasteiger partial charge on any atom is -0.493 e. The first-order valence-corrected chi connectivity index (χ1v) is 10.6. The third-order valence-corrected chi connectivity index (χ3v) is 4.95. The van der Waals surface area contributed by atoms with Crippen LogP contribution in [0.2, 0.25) is 0 Å². The Labute approximate surface area is 180 Å². The van der Waals surface area contributed by atoms with E-state index in [2.05, 4.69) is 30.4 Å². The minimum atomic E-state index is -0.503. The average Bonchev–Trinajstić information content (AvgIpc) is 2.71. The number of ether oxygens (including phenoxy) is 3. The molecule has 5 nitrogen and oxygen atoms in total. The number of benzene rings is 2. The second-order valence-electron chi connectivity index (χ2n) is 8.13. The molecule has 0 radical (unpaired) electrons. The van der Waals surface area contributed by atoms with Crippen LogP contribution in [0.15, 0.2) is 42.5 Å². The number of amides is 1. The Kier molecular flexibility index (Phi) is 9.18. The summed E-state index contributed by atoms with van der Waals surface area (Å²) in [5.41, 5.74) is 2.53. The molecule has 0 unspecified atom stereocenters. The Morgan fingerprint density at radius 2 is 1.80 bits per heavy atom. The zero-order chi connectivity index (χ0) is 22.0. The summed E-state index contributed by atoms with van der Waals surface area (Å²) in [7, 11) is 0. The van der Waals surface area contributed by atoms with Crippen LogP contribution in [0.4, 0.5) is 5.69 Å². The van der Waals surface area contributed by atoms with Crippen molar-refractivity contribution in [3.8, 4) is 11.5 Å². The van der Waals surface area contributed by atoms with Gasteiger partial charge in [0.05, 0.1) is 13.2 Å². The molecule has 0 saturated heterocycles. The highest BCUT2D eigenvalue weighted by molar-refractivity contribution is 5.94. The van der Waals surface area contributed by atoms with Crippen molar-refractivity contribution in [2.75, 3.05) is 31.7 Å². The molecule has 0 spiro atoms. The van der Waals surface area contributed by atoms with Crippen LogP contribution in [0, 0.1) is 19.3 Å². The van der Waals surface area contributed by atoms with Crippen molar-refractivity contribution in [2.24, 2.45) is 5.41 Å². The molecule has 0 saturated carbocycles. The Balaban J connectivity index is 1.81. The molecule has 0 heterocycles. The highest BCUT2D eigenvalue weighted by Crippen LogP contribution is 2.27. The average molecular weight is 414 g/mol. The molecular formula is C25H35NO4. The summed E-state index contributed by atoms with van der Waals surface area (Å²) in [6, 6.07) is 13.6. The summed E-state index contributed by atoms with van der Waals surface area (Å²) in [5.74, 6) is 1.62. The molecule has 2 aromatic rings. The summed E-state index contributed by atoms with van der Waals surface area (Å²) in [6.07, 6.45) is 1.53. The predicted molar refractivity (Wildman–Crippen MR) is 121 cm³/mol. The molecule has 0 bridgehead atoms. The molecule has 1 N–H and O–H groups in total. The molecule has 1 amide bonds. The predicted octanol–water partition coefficient (Wildman–Crippen LogP) is 5.54. The van der Waals surface area contributed by atoms with Gasteiger partial charge in [0.2, 0.25) is 5.91 Å². The lowest BCUT2D eigenvalue weighted by Gasteiger charge is -2.24. The van der Waals surface area contributed by atoms with Crippen molar-refractivity contribution in [1.82, 2.24) is 0 Å². The summed E-state index contributed by atoms with van der Waals surface area (Å²) in [4.78, 5) is 12.8. The van der Waals surface area contributed by atoms with E-state index in [4.69, 9.17) is 14.2 Å². The van der Waals surface area contributed by atoms with E-state index in [0.29, 0.717) is 32.2 Å². The highest BCUT2D eigenvalue weighted by atomic mass is 16.5. The lowest BCUT2D eigenvalue weighted by molar-refractivity contribution is -0.124. The molecule has 0 aliphatic rings. The number of aryl methyl sites for hydroxylation is 2. The van der Waals surface area contributed by atoms with Crippen molar-refractivity contribution < 1.29 is 19.0 Å². The number of hydrogen-bond donors (Lipinski definition) is 1. The lowest BCUT2D eigenvalue weighted by Crippen LogP contribution is -2.31. The fourth-order valence-electron chi connectivity index (χ4n) is 3.00. The van der Waals surface area contributed by atoms with Crippen LogP contribution < -0.4 is 14.8 Å². The maximum Gasteiger partial charge on any atom is 0.230 e. The number of carbonyl (C=O) groups excluding carboxylic acids is 1. The summed E-state index contributed by atoms with van der Waals surface area (Å²) >= 11 is 0. The topological polar surface area (TPSA) is 56.8 Å². The molecule has 0 fully saturated rings. The largest absolute Gasteiger partial charge is 0.493 e. The molecule has 0 aliphatic heterocycles. The number of carbonyl (C=O) groups is 1. The summed E-state index contributed by atoms with van der Waals surface area (Å²) < 4.78 is 16.9. The number of anilines is 1. The standard InChI is InChI=1S/C25H35NO4/c1-6-28-15-16-29-22-10-7-9-21(18-22)26-24(27)25(4,5)13-8-14-30-23-17-19(2)11-12-20(23)3/h7,9-12,17-18H,6,8,13-16H2,1-5H3,(H,26,27). The fraction of sp³-hybridized carbons (Fsp3) is 0.480. The van der Waals surface area contributed by atoms with Crippen molar-refractivity contribution >= 4 is 11.6 Å². The van der Waals surface area contributed by atoms with E-state index in [1.54, 1.807) is 0 Å². The van der Waals surface area contributed by atoms with E-state index in [9.17, 15) is 4.79 Å². The first-order valence-electron chi connectivity index (χ1n) is 10.6. The molecule has 30 heavy (non-hydrogen) atoms. The van der Waals surface area contributed by atoms with Crippen LogP contribution in [0.3, 0.4) is 0 Å². The second kappa shape index (κ2) is 11.6. The number of rotatable bonds is 12. The van der Waals surface area contributed by atoms with E-state index < -0.39 is 5.41 Å². The van der Waals surface area contributed by atoms with Crippen LogP contribution in [0.25, 0.3) is 0 Å². The van der Waals surface area contributed by atoms with Gasteiger partial charge in [0.1, 0.15) is 18.1 Å². The zero-order valence-electron chi connectivity index (χ0n) is 18.9. The van der Waals surface area contributed by atoms with Gasteiger partial charge in [-0.05, 0) is 62.9 Å². The maximum absolute atomic E-state index is 12.8. The van der Waals surface area contributed by atoms with Crippen molar-refractivity contribution in [3.63, 3.8) is 0 Å². The van der Waals surface area contributed by atoms with E-state index in [1.807, 2.05) is 52.0 Å². The normalized spacial score (nSPS) is 11.2. The van der Waals surface area contributed by atoms with Crippen LogP contribution in [0.1, 0.15) is 44.7 Å². The van der Waals surface area contributed by atoms with Crippen LogP contribution in [-0.2, 0) is 9.53 Å². The van der Waals surface area contributed by atoms with Crippen molar-refractivity contribution in [3.05, 3.63) is 53.6 Å². The van der Waals surface area contributed by atoms with Gasteiger partial charge in [-0.2, -0.15) is 0 Å². The van der Waals surface area contributed by atoms with Crippen LogP contribution in [0.5, 0.6) is 11.5 Å². The van der Waals surface area contributed by atoms with Crippen LogP contribution in [-0.4, -0.2) is 32.3 Å². The smallest absolute Gasteiger partial charge is 0.230 e. The SMILES string of the molecule is CCOCCOc1cccc(NC(=O)C(C)(C)CCCOc2cc(C)ccc2C)c1. The first kappa shape index (κ1) is 23.7. The van der Waals surface area contributed by atoms with Gasteiger partial charge >= 0.3 is 0 Å². The quantitative estimate of drug-likeness (QED) is 0.464. The second-order valence-corrected chi connectivity index (χ2v) is 8.13. The van der Waals surface area contributed by atoms with E-state index >= 15 is 0 Å². The monoisotopic (exact) mass is 413 g/mol. The Morgan fingerprint density at radius 1 is 1.00 bits per heavy atom. The molecule has 0 aliphatic carbocycles. The lowest BCUT2D eigenvalue weighted by atomic mass is 9.87. The van der Waals surface area contributed by atoms with Gasteiger partial charge in [0, 0.05) is 23.8 Å². The summed E-state index contributed by atoms with van der Waals surface area (Å²) in [5, 5.41) is 3.01. The van der Waals surface area contributed by atoms with E-state index in [-0.39, 0.29) is 5.91 Å². The molecule has 0 atom stereocenters. The van der Waals surface area contributed by atoms with Gasteiger partial charge in [0.15, 0.2) is 0 Å². The third-order valence-electron chi connectivity index (χ3n) is 4.95. The van der Waals surface area contributed by atoms with Gasteiger partial charge in [-0.25, -0.2) is 0 Å². The zero-order valence-corrected chi connectivity index (χ0v) is 18.9. The van der Waals surface area contributed by atoms with E-state index in [1.165, 1.54) is 5.56 Å². The van der Waals surface area contributed by atoms with Gasteiger partial charge in [-0.3, -0.25) is 4.79 Å². The minimum absolute atomic E-state index is 0.0132. The van der Waals surface area contributed by atoms with Crippen LogP contribution >= 0.6 is 0 Å². The van der Waals surface area contributed by atoms with E-state index in [0.717, 1.165) is 29.8 Å². The number of nitrogens with one attached hydrogen (secondary N) is 1. The number of hydrogen-bond acceptors (Lipinski definition) is 4. The molecule has 0 aromatic heterocycles. The first-order chi connectivity index (χ1) is 14.3. The van der Waals surface area contributed by atoms with Gasteiger partial charge in [-0.1, -0.05) is 32.0 Å². The molecule has 164 valence electrons. The molecular weight excluding hydrogens is 378 g/mol. The maximum atomic E-state index is 12.8. The Hall–Kier alpha value is -2.53. The van der Waals surface area contributed by atoms with Gasteiger partial charge in [0.25, 0.3) is 0 Å². The Morgan fingerprint density at radius 3 is 2.57 bits per heavy atom. The van der Waals surface area contributed by atoms with Crippen molar-refractivity contribution in [2.45, 2.75) is 47.5 Å². The molecule has 2 rings (SSSR count). The van der Waals surface area contributed by atoms with Gasteiger partial charge < -0.3 is 19.5 Å². The third kappa shape index (κ3) is 7.71. The van der Waals surface area contributed by atoms with Gasteiger partial charge in [-0.15, -0.1) is 0 Å². The fourth-order valence-corrected chi connectivity index (χ4v) is 3.00. The molecule has 2 aromatic carbocycles. The van der Waals surface area contributed by atoms with Crippen molar-refractivity contribution in [1.29, 1.82) is 0 Å². The Bertz CT molecular complexity index is 817.